The Kier molecular flexibility index (Phi) is 6.19. The molecule has 0 saturated heterocycles. The number of rotatable bonds is 5. The van der Waals surface area contributed by atoms with E-state index in [-0.39, 0.29) is 23.1 Å². The quantitative estimate of drug-likeness (QED) is 0.402. The summed E-state index contributed by atoms with van der Waals surface area (Å²) in [7, 11) is 0. The van der Waals surface area contributed by atoms with E-state index in [1.807, 2.05) is 5.38 Å². The molecule has 2 aromatic rings. The third-order valence-electron chi connectivity index (χ3n) is 3.94. The van der Waals surface area contributed by atoms with E-state index in [0.717, 1.165) is 17.8 Å². The summed E-state index contributed by atoms with van der Waals surface area (Å²) in [5, 5.41) is 5.54. The maximum absolute atomic E-state index is 14.5. The normalized spacial score (nSPS) is 16.6. The zero-order valence-electron chi connectivity index (χ0n) is 14.9. The Hall–Kier alpha value is -2.20. The summed E-state index contributed by atoms with van der Waals surface area (Å²) in [5.74, 6) is -4.77. The second kappa shape index (κ2) is 8.44. The van der Waals surface area contributed by atoms with Gasteiger partial charge in [0.2, 0.25) is 0 Å². The summed E-state index contributed by atoms with van der Waals surface area (Å²) in [6, 6.07) is 0.653. The van der Waals surface area contributed by atoms with Crippen LogP contribution in [0.3, 0.4) is 0 Å². The van der Waals surface area contributed by atoms with Crippen molar-refractivity contribution in [2.45, 2.75) is 19.9 Å². The summed E-state index contributed by atoms with van der Waals surface area (Å²) in [6.45, 7) is 3.52. The predicted octanol–water partition coefficient (Wildman–Crippen LogP) is 4.17. The first-order valence-electron chi connectivity index (χ1n) is 8.24. The second-order valence-corrected chi connectivity index (χ2v) is 7.23. The molecule has 1 aromatic heterocycles. The zero-order chi connectivity index (χ0) is 20.4. The van der Waals surface area contributed by atoms with E-state index in [9.17, 15) is 18.0 Å². The van der Waals surface area contributed by atoms with Gasteiger partial charge in [-0.1, -0.05) is 22.0 Å². The number of aryl methyl sites for hydroxylation is 1. The lowest BCUT2D eigenvalue weighted by atomic mass is 9.95. The van der Waals surface area contributed by atoms with Gasteiger partial charge in [-0.05, 0) is 19.9 Å². The van der Waals surface area contributed by atoms with Gasteiger partial charge in [0.1, 0.15) is 6.04 Å². The molecule has 148 valence electrons. The summed E-state index contributed by atoms with van der Waals surface area (Å²) in [6.07, 6.45) is 0. The number of amidine groups is 1. The van der Waals surface area contributed by atoms with Gasteiger partial charge in [-0.2, -0.15) is 0 Å². The van der Waals surface area contributed by atoms with E-state index in [1.54, 1.807) is 13.8 Å². The monoisotopic (exact) mass is 473 g/mol. The van der Waals surface area contributed by atoms with Crippen molar-refractivity contribution in [3.63, 3.8) is 0 Å². The molecule has 10 heteroatoms. The molecule has 5 nitrogen and oxygen atoms in total. The van der Waals surface area contributed by atoms with Gasteiger partial charge >= 0.3 is 5.97 Å². The lowest BCUT2D eigenvalue weighted by Crippen LogP contribution is -2.34. The SMILES string of the molecule is CCOC(=O)C1=C(CBr)NC(c2nc(C)cs2)=NC1c1ccc(F)c(F)c1F. The van der Waals surface area contributed by atoms with Crippen LogP contribution in [-0.4, -0.2) is 28.7 Å². The highest BCUT2D eigenvalue weighted by atomic mass is 79.9. The number of alkyl halides is 1. The highest BCUT2D eigenvalue weighted by Crippen LogP contribution is 2.35. The molecule has 0 spiro atoms. The van der Waals surface area contributed by atoms with Gasteiger partial charge in [0, 0.05) is 27.7 Å². The lowest BCUT2D eigenvalue weighted by Gasteiger charge is -2.26. The third-order valence-corrected chi connectivity index (χ3v) is 5.46. The number of esters is 1. The molecule has 0 aliphatic carbocycles. The molecular formula is C18H15BrF3N3O2S. The molecule has 28 heavy (non-hydrogen) atoms. The Morgan fingerprint density at radius 2 is 2.07 bits per heavy atom. The van der Waals surface area contributed by atoms with E-state index < -0.39 is 29.5 Å². The molecule has 0 amide bonds. The summed E-state index contributed by atoms with van der Waals surface area (Å²) < 4.78 is 46.9. The van der Waals surface area contributed by atoms with Gasteiger partial charge in [0.15, 0.2) is 28.3 Å². The number of nitrogens with zero attached hydrogens (tertiary/aromatic N) is 2. The van der Waals surface area contributed by atoms with Crippen LogP contribution in [-0.2, 0) is 9.53 Å². The fourth-order valence-electron chi connectivity index (χ4n) is 2.70. The minimum Gasteiger partial charge on any atom is -0.463 e. The summed E-state index contributed by atoms with van der Waals surface area (Å²) >= 11 is 4.60. The van der Waals surface area contributed by atoms with Crippen LogP contribution in [0.1, 0.15) is 29.2 Å². The Labute approximate surface area is 171 Å². The zero-order valence-corrected chi connectivity index (χ0v) is 17.3. The maximum Gasteiger partial charge on any atom is 0.338 e. The van der Waals surface area contributed by atoms with Gasteiger partial charge in [-0.3, -0.25) is 4.99 Å². The van der Waals surface area contributed by atoms with Gasteiger partial charge in [-0.25, -0.2) is 22.9 Å². The largest absolute Gasteiger partial charge is 0.463 e. The fourth-order valence-corrected chi connectivity index (χ4v) is 3.89. The minimum atomic E-state index is -1.62. The van der Waals surface area contributed by atoms with Gasteiger partial charge in [-0.15, -0.1) is 11.3 Å². The number of ether oxygens (including phenoxy) is 1. The summed E-state index contributed by atoms with van der Waals surface area (Å²) in [4.78, 5) is 21.3. The van der Waals surface area contributed by atoms with E-state index in [2.05, 4.69) is 31.2 Å². The number of halogens is 4. The third kappa shape index (κ3) is 3.83. The van der Waals surface area contributed by atoms with Gasteiger partial charge in [0.25, 0.3) is 0 Å². The fraction of sp³-hybridized carbons (Fsp3) is 0.278. The molecule has 0 radical (unpaired) electrons. The Balaban J connectivity index is 2.19. The van der Waals surface area contributed by atoms with Crippen molar-refractivity contribution in [2.75, 3.05) is 11.9 Å². The van der Waals surface area contributed by atoms with Crippen LogP contribution in [0.5, 0.6) is 0 Å². The molecule has 1 aromatic carbocycles. The van der Waals surface area contributed by atoms with Crippen LogP contribution in [0.2, 0.25) is 0 Å². The maximum atomic E-state index is 14.5. The van der Waals surface area contributed by atoms with Crippen molar-refractivity contribution in [1.29, 1.82) is 0 Å². The number of aliphatic imine (C=N–C) groups is 1. The Morgan fingerprint density at radius 3 is 2.68 bits per heavy atom. The first-order valence-corrected chi connectivity index (χ1v) is 10.2. The number of carbonyl (C=O) groups is 1. The van der Waals surface area contributed by atoms with Crippen LogP contribution < -0.4 is 5.32 Å². The van der Waals surface area contributed by atoms with E-state index >= 15 is 0 Å². The average molecular weight is 474 g/mol. The number of aromatic nitrogens is 1. The van der Waals surface area contributed by atoms with Gasteiger partial charge < -0.3 is 10.1 Å². The highest BCUT2D eigenvalue weighted by Gasteiger charge is 2.35. The molecule has 1 aliphatic rings. The molecule has 0 fully saturated rings. The number of benzene rings is 1. The standard InChI is InChI=1S/C18H15BrF3N3O2S/c1-3-27-18(26)12-11(6-19)24-16(17-23-8(2)7-28-17)25-15(12)9-4-5-10(20)14(22)13(9)21/h4-5,7,15H,3,6H2,1-2H3,(H,24,25). The molecule has 1 aliphatic heterocycles. The first kappa shape index (κ1) is 20.5. The number of thiazole rings is 1. The van der Waals surface area contributed by atoms with Crippen molar-refractivity contribution in [3.05, 3.63) is 62.5 Å². The number of hydrogen-bond acceptors (Lipinski definition) is 6. The van der Waals surface area contributed by atoms with Crippen LogP contribution in [0.15, 0.2) is 33.8 Å². The highest BCUT2D eigenvalue weighted by molar-refractivity contribution is 9.09. The Morgan fingerprint density at radius 1 is 1.32 bits per heavy atom. The van der Waals surface area contributed by atoms with Crippen LogP contribution in [0.25, 0.3) is 0 Å². The van der Waals surface area contributed by atoms with E-state index in [0.29, 0.717) is 16.5 Å². The number of nitrogens with one attached hydrogen (secondary N) is 1. The molecule has 0 saturated carbocycles. The molecule has 1 N–H and O–H groups in total. The molecule has 2 heterocycles. The molecule has 0 bridgehead atoms. The van der Waals surface area contributed by atoms with E-state index in [4.69, 9.17) is 4.74 Å². The Bertz CT molecular complexity index is 990. The van der Waals surface area contributed by atoms with Gasteiger partial charge in [0.05, 0.1) is 12.2 Å². The van der Waals surface area contributed by atoms with Crippen molar-refractivity contribution in [3.8, 4) is 0 Å². The van der Waals surface area contributed by atoms with Crippen LogP contribution in [0.4, 0.5) is 13.2 Å². The van der Waals surface area contributed by atoms with Crippen LogP contribution in [0, 0.1) is 24.4 Å². The first-order chi connectivity index (χ1) is 13.4. The molecular weight excluding hydrogens is 459 g/mol. The summed E-state index contributed by atoms with van der Waals surface area (Å²) in [5.41, 5.74) is 0.888. The van der Waals surface area contributed by atoms with Crippen molar-refractivity contribution in [1.82, 2.24) is 10.3 Å². The number of allylic oxidation sites excluding steroid dienone is 1. The van der Waals surface area contributed by atoms with Crippen molar-refractivity contribution in [2.24, 2.45) is 4.99 Å². The van der Waals surface area contributed by atoms with Crippen molar-refractivity contribution < 1.29 is 22.7 Å². The average Bonchev–Trinajstić information content (AvgIpc) is 3.11. The topological polar surface area (TPSA) is 63.6 Å². The van der Waals surface area contributed by atoms with Crippen molar-refractivity contribution >= 4 is 39.1 Å². The van der Waals surface area contributed by atoms with E-state index in [1.165, 1.54) is 11.3 Å². The minimum absolute atomic E-state index is 0.0145. The molecule has 3 rings (SSSR count). The molecule has 1 atom stereocenters. The lowest BCUT2D eigenvalue weighted by molar-refractivity contribution is -0.138. The second-order valence-electron chi connectivity index (χ2n) is 5.81. The van der Waals surface area contributed by atoms with Crippen LogP contribution >= 0.6 is 27.3 Å². The predicted molar refractivity (Wildman–Crippen MR) is 103 cm³/mol. The number of hydrogen-bond donors (Lipinski definition) is 1. The smallest absolute Gasteiger partial charge is 0.338 e. The number of carbonyl (C=O) groups excluding carboxylic acids is 1. The molecule has 1 unspecified atom stereocenters.